The van der Waals surface area contributed by atoms with E-state index in [2.05, 4.69) is 54.3 Å². The topological polar surface area (TPSA) is 26.3 Å². The predicted octanol–water partition coefficient (Wildman–Crippen LogP) is 5.22. The number of hydrogen-bond acceptors (Lipinski definition) is 3. The minimum absolute atomic E-state index is 0.0114. The molecule has 2 nitrogen and oxygen atoms in total. The van der Waals surface area contributed by atoms with Gasteiger partial charge in [-0.05, 0) is 45.0 Å². The van der Waals surface area contributed by atoms with E-state index in [0.29, 0.717) is 5.12 Å². The number of thioether (sulfide) groups is 1. The summed E-state index contributed by atoms with van der Waals surface area (Å²) in [6.45, 7) is 17.1. The molecule has 0 saturated carbocycles. The van der Waals surface area contributed by atoms with Crippen molar-refractivity contribution in [2.24, 2.45) is 11.8 Å². The number of allylic oxidation sites excluding steroid dienone is 2. The van der Waals surface area contributed by atoms with Gasteiger partial charge < -0.3 is 4.43 Å². The molecule has 0 N–H and O–H groups in total. The van der Waals surface area contributed by atoms with Crippen molar-refractivity contribution in [1.82, 2.24) is 0 Å². The van der Waals surface area contributed by atoms with E-state index < -0.39 is 8.32 Å². The Morgan fingerprint density at radius 3 is 2.35 bits per heavy atom. The summed E-state index contributed by atoms with van der Waals surface area (Å²) < 4.78 is 6.27. The van der Waals surface area contributed by atoms with Crippen molar-refractivity contribution in [3.05, 3.63) is 11.3 Å². The number of carbonyl (C=O) groups is 1. The van der Waals surface area contributed by atoms with Crippen LogP contribution >= 0.6 is 11.8 Å². The van der Waals surface area contributed by atoms with Crippen molar-refractivity contribution in [3.63, 3.8) is 0 Å². The number of carbonyl (C=O) groups excluding carboxylic acids is 1. The first-order chi connectivity index (χ1) is 8.91. The van der Waals surface area contributed by atoms with Gasteiger partial charge in [0.15, 0.2) is 5.12 Å². The van der Waals surface area contributed by atoms with Crippen LogP contribution in [0.25, 0.3) is 0 Å². The molecule has 0 spiro atoms. The Hall–Kier alpha value is -0.223. The molecule has 0 radical (unpaired) electrons. The fraction of sp³-hybridized carbons (Fsp3) is 0.812. The van der Waals surface area contributed by atoms with E-state index in [-0.39, 0.29) is 16.6 Å². The average Bonchev–Trinajstić information content (AvgIpc) is 2.55. The minimum Gasteiger partial charge on any atom is -0.547 e. The van der Waals surface area contributed by atoms with Crippen LogP contribution in [-0.2, 0) is 9.22 Å². The van der Waals surface area contributed by atoms with E-state index in [1.54, 1.807) is 0 Å². The van der Waals surface area contributed by atoms with Crippen LogP contribution in [0.2, 0.25) is 19.6 Å². The Bertz CT molecular complexity index is 402. The van der Waals surface area contributed by atoms with Crippen LogP contribution < -0.4 is 0 Å². The summed E-state index contributed by atoms with van der Waals surface area (Å²) in [4.78, 5) is 12.5. The minimum atomic E-state index is -1.61. The third-order valence-corrected chi connectivity index (χ3v) is 5.40. The molecule has 1 aliphatic rings. The monoisotopic (exact) mass is 314 g/mol. The van der Waals surface area contributed by atoms with E-state index in [9.17, 15) is 4.79 Å². The maximum absolute atomic E-state index is 12.5. The van der Waals surface area contributed by atoms with Crippen LogP contribution in [-0.4, -0.2) is 18.2 Å². The van der Waals surface area contributed by atoms with Gasteiger partial charge in [-0.1, -0.05) is 39.5 Å². The van der Waals surface area contributed by atoms with Gasteiger partial charge in [-0.25, -0.2) is 0 Å². The highest BCUT2D eigenvalue weighted by Gasteiger charge is 2.36. The molecule has 0 unspecified atom stereocenters. The van der Waals surface area contributed by atoms with Gasteiger partial charge >= 0.3 is 0 Å². The molecule has 0 aliphatic heterocycles. The van der Waals surface area contributed by atoms with Gasteiger partial charge in [-0.2, -0.15) is 0 Å². The quantitative estimate of drug-likeness (QED) is 0.666. The fourth-order valence-electron chi connectivity index (χ4n) is 2.47. The normalized spacial score (nSPS) is 22.1. The van der Waals surface area contributed by atoms with Crippen LogP contribution in [0.15, 0.2) is 11.3 Å². The second-order valence-electron chi connectivity index (χ2n) is 7.83. The third kappa shape index (κ3) is 5.28. The van der Waals surface area contributed by atoms with Crippen LogP contribution in [0.3, 0.4) is 0 Å². The molecule has 0 aromatic rings. The van der Waals surface area contributed by atoms with E-state index in [4.69, 9.17) is 4.43 Å². The van der Waals surface area contributed by atoms with Gasteiger partial charge in [-0.15, -0.1) is 0 Å². The zero-order valence-corrected chi connectivity index (χ0v) is 16.1. The first kappa shape index (κ1) is 17.8. The zero-order valence-electron chi connectivity index (χ0n) is 14.3. The molecule has 20 heavy (non-hydrogen) atoms. The second-order valence-corrected chi connectivity index (χ2v) is 14.1. The van der Waals surface area contributed by atoms with Gasteiger partial charge in [0.2, 0.25) is 8.32 Å². The van der Waals surface area contributed by atoms with E-state index >= 15 is 0 Å². The third-order valence-electron chi connectivity index (χ3n) is 3.39. The molecule has 0 bridgehead atoms. The molecule has 0 amide bonds. The lowest BCUT2D eigenvalue weighted by atomic mass is 9.93. The summed E-state index contributed by atoms with van der Waals surface area (Å²) in [5.74, 6) is 1.45. The molecule has 116 valence electrons. The lowest BCUT2D eigenvalue weighted by Crippen LogP contribution is -2.30. The summed E-state index contributed by atoms with van der Waals surface area (Å²) in [5.41, 5.74) is 1.35. The molecule has 1 aliphatic carbocycles. The maximum Gasteiger partial charge on any atom is 0.241 e. The molecular weight excluding hydrogens is 284 g/mol. The number of hydrogen-bond donors (Lipinski definition) is 0. The molecule has 4 heteroatoms. The fourth-order valence-corrected chi connectivity index (χ4v) is 4.41. The van der Waals surface area contributed by atoms with Gasteiger partial charge in [0.1, 0.15) is 0 Å². The molecule has 0 saturated heterocycles. The molecule has 0 fully saturated rings. The lowest BCUT2D eigenvalue weighted by Gasteiger charge is -2.29. The summed E-state index contributed by atoms with van der Waals surface area (Å²) in [6, 6.07) is 0. The molecule has 2 atom stereocenters. The summed E-state index contributed by atoms with van der Waals surface area (Å²) in [5, 5.41) is 0.300. The molecular formula is C16H30O2SSi. The van der Waals surface area contributed by atoms with Gasteiger partial charge in [0.05, 0.1) is 5.76 Å². The van der Waals surface area contributed by atoms with Crippen molar-refractivity contribution >= 4 is 25.2 Å². The van der Waals surface area contributed by atoms with Crippen molar-refractivity contribution in [2.75, 3.05) is 0 Å². The standard InChI is InChI=1S/C16H30O2SSi/c1-11-9-10-13(14(11)18-20(6,7)8)12(2)15(17)19-16(3,4)5/h12-13H,9-10H2,1-8H3/t12-,13+/m0/s1. The Labute approximate surface area is 129 Å². The van der Waals surface area contributed by atoms with Crippen molar-refractivity contribution in [3.8, 4) is 0 Å². The SMILES string of the molecule is CC1=C(O[Si](C)(C)C)[C@@H]([C@H](C)C(=O)SC(C)(C)C)CC1. The van der Waals surface area contributed by atoms with Crippen LogP contribution in [0.1, 0.15) is 47.5 Å². The van der Waals surface area contributed by atoms with Crippen molar-refractivity contribution in [2.45, 2.75) is 71.8 Å². The Balaban J connectivity index is 2.82. The predicted molar refractivity (Wildman–Crippen MR) is 91.4 cm³/mol. The van der Waals surface area contributed by atoms with E-state index in [0.717, 1.165) is 18.6 Å². The first-order valence-corrected chi connectivity index (χ1v) is 11.7. The van der Waals surface area contributed by atoms with Gasteiger partial charge in [0, 0.05) is 16.6 Å². The second kappa shape index (κ2) is 6.26. The molecule has 0 aromatic carbocycles. The Kier molecular flexibility index (Phi) is 5.58. The van der Waals surface area contributed by atoms with Gasteiger partial charge in [-0.3, -0.25) is 4.79 Å². The molecule has 0 aromatic heterocycles. The van der Waals surface area contributed by atoms with Crippen molar-refractivity contribution < 1.29 is 9.22 Å². The highest BCUT2D eigenvalue weighted by molar-refractivity contribution is 8.14. The smallest absolute Gasteiger partial charge is 0.241 e. The highest BCUT2D eigenvalue weighted by atomic mass is 32.2. The van der Waals surface area contributed by atoms with Crippen LogP contribution in [0.4, 0.5) is 0 Å². The zero-order chi connectivity index (χ0) is 15.7. The average molecular weight is 315 g/mol. The summed E-state index contributed by atoms with van der Waals surface area (Å²) in [6.07, 6.45) is 2.13. The Morgan fingerprint density at radius 2 is 1.90 bits per heavy atom. The van der Waals surface area contributed by atoms with E-state index in [1.807, 2.05) is 0 Å². The lowest BCUT2D eigenvalue weighted by molar-refractivity contribution is -0.115. The summed E-state index contributed by atoms with van der Waals surface area (Å²) in [7, 11) is -1.61. The maximum atomic E-state index is 12.5. The number of rotatable bonds is 4. The molecule has 1 rings (SSSR count). The Morgan fingerprint density at radius 1 is 1.35 bits per heavy atom. The van der Waals surface area contributed by atoms with Gasteiger partial charge in [0.25, 0.3) is 0 Å². The van der Waals surface area contributed by atoms with E-state index in [1.165, 1.54) is 17.3 Å². The van der Waals surface area contributed by atoms with Crippen LogP contribution in [0, 0.1) is 11.8 Å². The summed E-state index contributed by atoms with van der Waals surface area (Å²) >= 11 is 1.47. The highest BCUT2D eigenvalue weighted by Crippen LogP contribution is 2.41. The molecule has 0 heterocycles. The van der Waals surface area contributed by atoms with Crippen molar-refractivity contribution in [1.29, 1.82) is 0 Å². The van der Waals surface area contributed by atoms with Crippen LogP contribution in [0.5, 0.6) is 0 Å². The first-order valence-electron chi connectivity index (χ1n) is 7.52. The largest absolute Gasteiger partial charge is 0.547 e.